The molecular weight excluding hydrogens is 234 g/mol. The number of fused-ring (bicyclic) bond motifs is 1. The number of aromatic nitrogens is 5. The predicted molar refractivity (Wildman–Crippen MR) is 65.0 cm³/mol. The van der Waals surface area contributed by atoms with Gasteiger partial charge in [-0.05, 0) is 36.4 Å². The topological polar surface area (TPSA) is 97.1 Å². The first-order chi connectivity index (χ1) is 8.65. The van der Waals surface area contributed by atoms with Crippen molar-refractivity contribution >= 4 is 17.4 Å². The summed E-state index contributed by atoms with van der Waals surface area (Å²) in [5, 5.41) is 20.9. The Labute approximate surface area is 104 Å². The Morgan fingerprint density at radius 1 is 1.44 bits per heavy atom. The second kappa shape index (κ2) is 5.39. The highest BCUT2D eigenvalue weighted by atomic mass is 16.1. The molecule has 0 aliphatic heterocycles. The lowest BCUT2D eigenvalue weighted by Crippen LogP contribution is -2.31. The Bertz CT molecular complexity index is 536. The van der Waals surface area contributed by atoms with Gasteiger partial charge in [-0.1, -0.05) is 0 Å². The number of nitrogens with one attached hydrogen (secondary N) is 2. The number of tetrazole rings is 1. The van der Waals surface area contributed by atoms with E-state index >= 15 is 0 Å². The van der Waals surface area contributed by atoms with E-state index in [0.717, 1.165) is 0 Å². The van der Waals surface area contributed by atoms with Crippen molar-refractivity contribution in [1.29, 1.82) is 0 Å². The van der Waals surface area contributed by atoms with Gasteiger partial charge in [0.1, 0.15) is 5.82 Å². The number of hydrogen-bond donors (Lipinski definition) is 2. The van der Waals surface area contributed by atoms with E-state index in [1.54, 1.807) is 12.1 Å². The number of carbonyl (C=O) groups is 1. The normalized spacial score (nSPS) is 10.8. The zero-order chi connectivity index (χ0) is 13.0. The number of amides is 1. The molecular formula is C10H15N7O. The van der Waals surface area contributed by atoms with Gasteiger partial charge in [-0.2, -0.15) is 0 Å². The van der Waals surface area contributed by atoms with Crippen molar-refractivity contribution < 1.29 is 4.79 Å². The maximum Gasteiger partial charge on any atom is 0.221 e. The molecule has 8 heteroatoms. The lowest BCUT2D eigenvalue weighted by Gasteiger charge is -2.08. The standard InChI is InChI=1S/C10H15N7O/c1-7(2)12-10(18)5-6-11-8-3-4-9-13-15-16-17(9)14-8/h3-4,7H,5-6H2,1-2H3,(H,11,14)(H,12,18). The van der Waals surface area contributed by atoms with Crippen molar-refractivity contribution in [3.63, 3.8) is 0 Å². The van der Waals surface area contributed by atoms with Gasteiger partial charge in [-0.15, -0.1) is 14.8 Å². The van der Waals surface area contributed by atoms with Gasteiger partial charge >= 0.3 is 0 Å². The fourth-order valence-electron chi connectivity index (χ4n) is 1.44. The second-order valence-electron chi connectivity index (χ2n) is 4.14. The van der Waals surface area contributed by atoms with E-state index in [-0.39, 0.29) is 11.9 Å². The third kappa shape index (κ3) is 3.12. The van der Waals surface area contributed by atoms with Gasteiger partial charge in [0.15, 0.2) is 5.65 Å². The fraction of sp³-hybridized carbons (Fsp3) is 0.500. The van der Waals surface area contributed by atoms with Crippen LogP contribution >= 0.6 is 0 Å². The maximum absolute atomic E-state index is 11.4. The first kappa shape index (κ1) is 12.2. The van der Waals surface area contributed by atoms with Gasteiger partial charge in [-0.25, -0.2) is 0 Å². The molecule has 0 aromatic carbocycles. The van der Waals surface area contributed by atoms with E-state index in [1.807, 2.05) is 13.8 Å². The van der Waals surface area contributed by atoms with Crippen LogP contribution in [0.3, 0.4) is 0 Å². The van der Waals surface area contributed by atoms with Crippen LogP contribution in [0, 0.1) is 0 Å². The molecule has 2 heterocycles. The average Bonchev–Trinajstić information content (AvgIpc) is 2.75. The highest BCUT2D eigenvalue weighted by molar-refractivity contribution is 5.76. The number of hydrogen-bond acceptors (Lipinski definition) is 6. The van der Waals surface area contributed by atoms with Crippen LogP contribution in [-0.2, 0) is 4.79 Å². The Morgan fingerprint density at radius 3 is 3.06 bits per heavy atom. The van der Waals surface area contributed by atoms with E-state index in [9.17, 15) is 4.79 Å². The smallest absolute Gasteiger partial charge is 0.221 e. The molecule has 8 nitrogen and oxygen atoms in total. The summed E-state index contributed by atoms with van der Waals surface area (Å²) in [4.78, 5) is 11.4. The zero-order valence-electron chi connectivity index (χ0n) is 10.3. The Kier molecular flexibility index (Phi) is 3.66. The first-order valence-corrected chi connectivity index (χ1v) is 5.74. The van der Waals surface area contributed by atoms with Gasteiger partial charge in [0.05, 0.1) is 0 Å². The van der Waals surface area contributed by atoms with Gasteiger partial charge in [0, 0.05) is 19.0 Å². The molecule has 0 saturated heterocycles. The predicted octanol–water partition coefficient (Wildman–Crippen LogP) is -0.154. The number of anilines is 1. The summed E-state index contributed by atoms with van der Waals surface area (Å²) >= 11 is 0. The van der Waals surface area contributed by atoms with Gasteiger partial charge in [-0.3, -0.25) is 4.79 Å². The van der Waals surface area contributed by atoms with E-state index in [4.69, 9.17) is 0 Å². The molecule has 1 amide bonds. The maximum atomic E-state index is 11.4. The summed E-state index contributed by atoms with van der Waals surface area (Å²) in [6, 6.07) is 3.68. The summed E-state index contributed by atoms with van der Waals surface area (Å²) in [5.41, 5.74) is 0.582. The third-order valence-electron chi connectivity index (χ3n) is 2.18. The molecule has 0 unspecified atom stereocenters. The molecule has 0 aliphatic rings. The molecule has 0 aliphatic carbocycles. The van der Waals surface area contributed by atoms with Crippen molar-refractivity contribution in [2.45, 2.75) is 26.3 Å². The van der Waals surface area contributed by atoms with Crippen molar-refractivity contribution in [2.24, 2.45) is 0 Å². The van der Waals surface area contributed by atoms with Gasteiger partial charge in [0.25, 0.3) is 0 Å². The number of rotatable bonds is 5. The minimum Gasteiger partial charge on any atom is -0.368 e. The minimum absolute atomic E-state index is 0.0148. The van der Waals surface area contributed by atoms with Crippen LogP contribution in [0.15, 0.2) is 12.1 Å². The summed E-state index contributed by atoms with van der Waals surface area (Å²) < 4.78 is 1.33. The van der Waals surface area contributed by atoms with E-state index in [1.165, 1.54) is 4.63 Å². The zero-order valence-corrected chi connectivity index (χ0v) is 10.3. The molecule has 2 aromatic heterocycles. The van der Waals surface area contributed by atoms with E-state index in [2.05, 4.69) is 31.3 Å². The van der Waals surface area contributed by atoms with Crippen LogP contribution in [0.1, 0.15) is 20.3 Å². The monoisotopic (exact) mass is 249 g/mol. The molecule has 96 valence electrons. The highest BCUT2D eigenvalue weighted by Gasteiger charge is 2.04. The molecule has 0 atom stereocenters. The summed E-state index contributed by atoms with van der Waals surface area (Å²) in [7, 11) is 0. The van der Waals surface area contributed by atoms with Crippen LogP contribution < -0.4 is 10.6 Å². The molecule has 2 rings (SSSR count). The number of nitrogens with zero attached hydrogens (tertiary/aromatic N) is 5. The first-order valence-electron chi connectivity index (χ1n) is 5.74. The SMILES string of the molecule is CC(C)NC(=O)CCNc1ccc2nnnn2n1. The molecule has 0 spiro atoms. The molecule has 18 heavy (non-hydrogen) atoms. The molecule has 0 radical (unpaired) electrons. The third-order valence-corrected chi connectivity index (χ3v) is 2.18. The van der Waals surface area contributed by atoms with Gasteiger partial charge < -0.3 is 10.6 Å². The Balaban J connectivity index is 1.84. The Morgan fingerprint density at radius 2 is 2.28 bits per heavy atom. The highest BCUT2D eigenvalue weighted by Crippen LogP contribution is 2.02. The fourth-order valence-corrected chi connectivity index (χ4v) is 1.44. The lowest BCUT2D eigenvalue weighted by atomic mass is 10.3. The second-order valence-corrected chi connectivity index (χ2v) is 4.14. The van der Waals surface area contributed by atoms with Crippen molar-refractivity contribution in [3.05, 3.63) is 12.1 Å². The van der Waals surface area contributed by atoms with Crippen LogP contribution in [0.5, 0.6) is 0 Å². The van der Waals surface area contributed by atoms with E-state index in [0.29, 0.717) is 24.4 Å². The molecule has 0 saturated carbocycles. The van der Waals surface area contributed by atoms with Gasteiger partial charge in [0.2, 0.25) is 5.91 Å². The van der Waals surface area contributed by atoms with Crippen LogP contribution in [0.4, 0.5) is 5.82 Å². The largest absolute Gasteiger partial charge is 0.368 e. The average molecular weight is 249 g/mol. The van der Waals surface area contributed by atoms with Crippen LogP contribution in [0.25, 0.3) is 5.65 Å². The quantitative estimate of drug-likeness (QED) is 0.764. The molecule has 2 aromatic rings. The summed E-state index contributed by atoms with van der Waals surface area (Å²) in [6.45, 7) is 4.37. The summed E-state index contributed by atoms with van der Waals surface area (Å²) in [5.74, 6) is 0.646. The summed E-state index contributed by atoms with van der Waals surface area (Å²) in [6.07, 6.45) is 0.396. The number of carbonyl (C=O) groups excluding carboxylic acids is 1. The van der Waals surface area contributed by atoms with Crippen molar-refractivity contribution in [3.8, 4) is 0 Å². The van der Waals surface area contributed by atoms with E-state index < -0.39 is 0 Å². The molecule has 0 bridgehead atoms. The Hall–Kier alpha value is -2.25. The molecule has 2 N–H and O–H groups in total. The lowest BCUT2D eigenvalue weighted by molar-refractivity contribution is -0.121. The van der Waals surface area contributed by atoms with Crippen LogP contribution in [-0.4, -0.2) is 43.7 Å². The minimum atomic E-state index is 0.0148. The van der Waals surface area contributed by atoms with Crippen molar-refractivity contribution in [1.82, 2.24) is 30.6 Å². The molecule has 0 fully saturated rings. The van der Waals surface area contributed by atoms with Crippen LogP contribution in [0.2, 0.25) is 0 Å². The van der Waals surface area contributed by atoms with Crippen molar-refractivity contribution in [2.75, 3.05) is 11.9 Å².